The molecule has 12 aromatic carbocycles. The Labute approximate surface area is 732 Å². The number of carbonyl (C=O) groups is 6. The molecular weight excluding hydrogens is 1660 g/mol. The highest BCUT2D eigenvalue weighted by atomic mass is 35.5. The van der Waals surface area contributed by atoms with Crippen molar-refractivity contribution < 1.29 is 28.8 Å². The van der Waals surface area contributed by atoms with Crippen LogP contribution in [0.5, 0.6) is 0 Å². The van der Waals surface area contributed by atoms with Gasteiger partial charge in [0.25, 0.3) is 35.4 Å². The van der Waals surface area contributed by atoms with Gasteiger partial charge in [0.1, 0.15) is 0 Å². The Morgan fingerprint density at radius 2 is 0.512 bits per heavy atom. The maximum atomic E-state index is 12.2. The van der Waals surface area contributed by atoms with Crippen LogP contribution in [0.3, 0.4) is 0 Å². The van der Waals surface area contributed by atoms with E-state index in [1.165, 1.54) is 0 Å². The van der Waals surface area contributed by atoms with Crippen molar-refractivity contribution in [3.63, 3.8) is 0 Å². The second-order valence-corrected chi connectivity index (χ2v) is 28.3. The van der Waals surface area contributed by atoms with E-state index >= 15 is 0 Å². The molecule has 38 heteroatoms. The second kappa shape index (κ2) is 43.1. The van der Waals surface area contributed by atoms with Gasteiger partial charge in [0, 0.05) is 100 Å². The summed E-state index contributed by atoms with van der Waals surface area (Å²) in [5.41, 5.74) is 17.7. The van der Waals surface area contributed by atoms with Gasteiger partial charge in [0.15, 0.2) is 0 Å². The predicted molar refractivity (Wildman–Crippen MR) is 478 cm³/mol. The fourth-order valence-electron chi connectivity index (χ4n) is 11.5. The number of aromatic nitrogens is 24. The molecule has 0 atom stereocenters. The molecule has 6 heterocycles. The smallest absolute Gasteiger partial charge is 0.257 e. The number of anilines is 6. The monoisotopic (exact) mass is 1730 g/mol. The maximum Gasteiger partial charge on any atom is 0.257 e. The zero-order chi connectivity index (χ0) is 88.8. The van der Waals surface area contributed by atoms with Gasteiger partial charge < -0.3 is 31.9 Å². The van der Waals surface area contributed by atoms with Crippen LogP contribution in [0.1, 0.15) is 90.0 Å². The molecular formula is C89H74Cl2N30O6. The lowest BCUT2D eigenvalue weighted by Crippen LogP contribution is -2.12. The molecule has 18 aromatic rings. The van der Waals surface area contributed by atoms with Gasteiger partial charge in [-0.1, -0.05) is 173 Å². The van der Waals surface area contributed by atoms with Crippen LogP contribution >= 0.6 is 23.2 Å². The zero-order valence-corrected chi connectivity index (χ0v) is 69.4. The Bertz CT molecular complexity index is 6280. The number of hydrogen-bond donors (Lipinski definition) is 12. The molecule has 0 fully saturated rings. The molecule has 0 aliphatic carbocycles. The van der Waals surface area contributed by atoms with Crippen molar-refractivity contribution in [2.75, 3.05) is 31.9 Å². The van der Waals surface area contributed by atoms with Crippen molar-refractivity contribution in [3.05, 3.63) is 356 Å². The Morgan fingerprint density at radius 3 is 0.819 bits per heavy atom. The first-order chi connectivity index (χ1) is 61.8. The number of amides is 6. The number of benzene rings is 12. The highest BCUT2D eigenvalue weighted by molar-refractivity contribution is 6.34. The average molecular weight is 1730 g/mol. The molecule has 0 aliphatic heterocycles. The first-order valence-electron chi connectivity index (χ1n) is 38.5. The molecule has 127 heavy (non-hydrogen) atoms. The van der Waals surface area contributed by atoms with E-state index in [1.54, 1.807) is 140 Å². The van der Waals surface area contributed by atoms with Crippen LogP contribution in [0.25, 0.3) is 68.3 Å². The van der Waals surface area contributed by atoms with E-state index in [0.29, 0.717) is 95.3 Å². The van der Waals surface area contributed by atoms with Gasteiger partial charge in [0.2, 0.25) is 34.9 Å². The summed E-state index contributed by atoms with van der Waals surface area (Å²) in [6.45, 7) is 9.82. The van der Waals surface area contributed by atoms with Crippen molar-refractivity contribution in [2.45, 2.75) is 34.6 Å². The predicted octanol–water partition coefficient (Wildman–Crippen LogP) is 15.6. The standard InChI is InChI=1S/C15H12ClN5O.4C15H13N5O.C14H10ClN5O/c1-9-2-7-12(8-13(9)16)17-15(22)11-5-3-10(4-6-11)14-18-20-21-19-14;3*1-10-2-8-13(9-3-10)16-15(21)12-6-4-11(5-7-12)14-17-19-20-18-14;1-10-9-11(7-8-13(10)14-17-19-20-18-14)15(21)16-12-5-3-2-4-6-12;15-12-8-9(13-17-19-20-18-13)6-7-11(12)14(21)16-10-4-2-1-3-5-10/h2-8H,1H3,(H,17,22)(H,18,19,20,21);4*2-9H,1H3,(H,16,21)(H,17,18,19,20);1-8H,(H,16,21)(H,17,18,19,20). The Balaban J connectivity index is 0.000000130. The first-order valence-corrected chi connectivity index (χ1v) is 39.2. The van der Waals surface area contributed by atoms with Crippen molar-refractivity contribution in [3.8, 4) is 68.3 Å². The van der Waals surface area contributed by atoms with E-state index in [9.17, 15) is 28.8 Å². The number of aromatic amines is 6. The first kappa shape index (κ1) is 87.3. The molecule has 0 bridgehead atoms. The van der Waals surface area contributed by atoms with Crippen LogP contribution < -0.4 is 31.9 Å². The highest BCUT2D eigenvalue weighted by Crippen LogP contribution is 2.28. The number of nitrogens with zero attached hydrogens (tertiary/aromatic N) is 18. The van der Waals surface area contributed by atoms with E-state index in [2.05, 4.69) is 156 Å². The minimum Gasteiger partial charge on any atom is -0.322 e. The molecule has 0 saturated carbocycles. The molecule has 0 spiro atoms. The van der Waals surface area contributed by atoms with Gasteiger partial charge in [-0.25, -0.2) is 0 Å². The average Bonchev–Trinajstić information content (AvgIpc) is 1.54. The van der Waals surface area contributed by atoms with E-state index in [-0.39, 0.29) is 35.4 Å². The molecule has 6 aromatic heterocycles. The van der Waals surface area contributed by atoms with Gasteiger partial charge in [-0.15, -0.1) is 61.2 Å². The van der Waals surface area contributed by atoms with Crippen molar-refractivity contribution in [1.82, 2.24) is 124 Å². The third-order valence-electron chi connectivity index (χ3n) is 18.3. The van der Waals surface area contributed by atoms with Gasteiger partial charge in [-0.05, 0) is 229 Å². The van der Waals surface area contributed by atoms with Crippen molar-refractivity contribution >= 4 is 92.8 Å². The summed E-state index contributed by atoms with van der Waals surface area (Å²) in [5, 5.41) is 100. The molecule has 36 nitrogen and oxygen atoms in total. The molecule has 0 saturated heterocycles. The largest absolute Gasteiger partial charge is 0.322 e. The van der Waals surface area contributed by atoms with Crippen molar-refractivity contribution in [1.29, 1.82) is 0 Å². The van der Waals surface area contributed by atoms with E-state index in [1.807, 2.05) is 180 Å². The number of nitrogens with one attached hydrogen (secondary N) is 12. The highest BCUT2D eigenvalue weighted by Gasteiger charge is 2.18. The van der Waals surface area contributed by atoms with Gasteiger partial charge >= 0.3 is 0 Å². The number of H-pyrrole nitrogens is 6. The number of aryl methyl sites for hydroxylation is 5. The van der Waals surface area contributed by atoms with Gasteiger partial charge in [0.05, 0.1) is 10.6 Å². The summed E-state index contributed by atoms with van der Waals surface area (Å²) < 4.78 is 0. The lowest BCUT2D eigenvalue weighted by molar-refractivity contribution is 0.101. The molecule has 6 amide bonds. The summed E-state index contributed by atoms with van der Waals surface area (Å²) in [5.74, 6) is 1.83. The number of hydrogen-bond acceptors (Lipinski definition) is 24. The molecule has 0 unspecified atom stereocenters. The van der Waals surface area contributed by atoms with E-state index < -0.39 is 0 Å². The van der Waals surface area contributed by atoms with Gasteiger partial charge in [-0.3, -0.25) is 28.8 Å². The number of para-hydroxylation sites is 2. The summed E-state index contributed by atoms with van der Waals surface area (Å²) in [4.78, 5) is 73.0. The fraction of sp³-hybridized carbons (Fsp3) is 0.0562. The van der Waals surface area contributed by atoms with Crippen LogP contribution in [0.15, 0.2) is 285 Å². The van der Waals surface area contributed by atoms with E-state index in [0.717, 1.165) is 78.4 Å². The molecule has 0 aliphatic rings. The molecule has 12 N–H and O–H groups in total. The van der Waals surface area contributed by atoms with E-state index in [4.69, 9.17) is 23.2 Å². The molecule has 18 rings (SSSR count). The fourth-order valence-corrected chi connectivity index (χ4v) is 12.0. The number of rotatable bonds is 18. The molecule has 0 radical (unpaired) electrons. The van der Waals surface area contributed by atoms with Crippen molar-refractivity contribution in [2.24, 2.45) is 0 Å². The SMILES string of the molecule is Cc1cc(C(=O)Nc2ccccc2)ccc1-c1nn[nH]n1.Cc1ccc(NC(=O)c2ccc(-c3nn[nH]n3)cc2)cc1.Cc1ccc(NC(=O)c2ccc(-c3nn[nH]n3)cc2)cc1.Cc1ccc(NC(=O)c2ccc(-c3nn[nH]n3)cc2)cc1.Cc1ccc(NC(=O)c2ccc(-c3nn[nH]n3)cc2)cc1Cl.O=C(Nc1ccccc1)c1ccc(-c2nn[nH]n2)cc1Cl. The van der Waals surface area contributed by atoms with Crippen LogP contribution in [0, 0.1) is 34.6 Å². The summed E-state index contributed by atoms with van der Waals surface area (Å²) in [6, 6.07) is 85.3. The normalized spacial score (nSPS) is 10.4. The zero-order valence-electron chi connectivity index (χ0n) is 67.9. The third-order valence-corrected chi connectivity index (χ3v) is 19.0. The lowest BCUT2D eigenvalue weighted by Gasteiger charge is -2.07. The number of tetrazole rings is 6. The lowest BCUT2D eigenvalue weighted by atomic mass is 10.0. The molecule has 630 valence electrons. The number of carbonyl (C=O) groups excluding carboxylic acids is 6. The quantitative estimate of drug-likeness (QED) is 0.0379. The Hall–Kier alpha value is -17.5. The Morgan fingerprint density at radius 1 is 0.236 bits per heavy atom. The third kappa shape index (κ3) is 25.1. The van der Waals surface area contributed by atoms with Crippen LogP contribution in [0.2, 0.25) is 10.0 Å². The summed E-state index contributed by atoms with van der Waals surface area (Å²) >= 11 is 12.2. The summed E-state index contributed by atoms with van der Waals surface area (Å²) in [7, 11) is 0. The van der Waals surface area contributed by atoms with Gasteiger partial charge in [-0.2, -0.15) is 31.3 Å². The minimum atomic E-state index is -0.272. The van der Waals surface area contributed by atoms with Crippen LogP contribution in [0.4, 0.5) is 34.1 Å². The summed E-state index contributed by atoms with van der Waals surface area (Å²) in [6.07, 6.45) is 0. The van der Waals surface area contributed by atoms with Crippen LogP contribution in [-0.2, 0) is 0 Å². The minimum absolute atomic E-state index is 0.149. The topological polar surface area (TPSA) is 501 Å². The maximum absolute atomic E-state index is 12.2. The Kier molecular flexibility index (Phi) is 29.6. The number of halogens is 2. The van der Waals surface area contributed by atoms with Crippen LogP contribution in [-0.4, -0.2) is 159 Å². The second-order valence-electron chi connectivity index (χ2n) is 27.5.